The molecular formula is C21H25N5O4. The second-order valence-electron chi connectivity index (χ2n) is 6.92. The molecular weight excluding hydrogens is 386 g/mol. The molecule has 2 N–H and O–H groups in total. The van der Waals surface area contributed by atoms with Crippen LogP contribution in [-0.2, 0) is 6.61 Å². The van der Waals surface area contributed by atoms with E-state index in [9.17, 15) is 9.90 Å². The van der Waals surface area contributed by atoms with Gasteiger partial charge in [-0.15, -0.1) is 0 Å². The smallest absolute Gasteiger partial charge is 0.271 e. The molecule has 0 saturated heterocycles. The number of rotatable bonds is 9. The SMILES string of the molecule is CCCC(CO)NC(=O)c1cnc(OCc2c(-c3ccc(C)nc3)noc2C)cn1. The van der Waals surface area contributed by atoms with Crippen LogP contribution in [-0.4, -0.2) is 43.8 Å². The lowest BCUT2D eigenvalue weighted by Gasteiger charge is -2.14. The van der Waals surface area contributed by atoms with Crippen molar-refractivity contribution < 1.29 is 19.2 Å². The van der Waals surface area contributed by atoms with Crippen LogP contribution in [0.15, 0.2) is 35.2 Å². The van der Waals surface area contributed by atoms with Gasteiger partial charge in [0.25, 0.3) is 5.91 Å². The highest BCUT2D eigenvalue weighted by Crippen LogP contribution is 2.25. The number of hydrogen-bond donors (Lipinski definition) is 2. The number of carbonyl (C=O) groups is 1. The van der Waals surface area contributed by atoms with Crippen molar-refractivity contribution in [2.24, 2.45) is 0 Å². The first-order valence-corrected chi connectivity index (χ1v) is 9.76. The van der Waals surface area contributed by atoms with E-state index in [2.05, 4.69) is 25.4 Å². The van der Waals surface area contributed by atoms with Crippen LogP contribution in [0.1, 0.15) is 47.3 Å². The summed E-state index contributed by atoms with van der Waals surface area (Å²) in [5.74, 6) is 0.526. The topological polar surface area (TPSA) is 123 Å². The number of amides is 1. The molecule has 158 valence electrons. The number of nitrogens with one attached hydrogen (secondary N) is 1. The first kappa shape index (κ1) is 21.4. The third kappa shape index (κ3) is 5.18. The van der Waals surface area contributed by atoms with Gasteiger partial charge in [0.1, 0.15) is 23.8 Å². The standard InChI is InChI=1S/C21H25N5O4/c1-4-5-16(11-27)25-21(28)18-9-24-19(10-23-18)29-12-17-14(3)30-26-20(17)15-7-6-13(2)22-8-15/h6-10,16,27H,4-5,11-12H2,1-3H3,(H,25,28). The van der Waals surface area contributed by atoms with Gasteiger partial charge in [0.15, 0.2) is 0 Å². The number of aliphatic hydroxyl groups is 1. The van der Waals surface area contributed by atoms with Crippen LogP contribution in [0.4, 0.5) is 0 Å². The second-order valence-corrected chi connectivity index (χ2v) is 6.92. The lowest BCUT2D eigenvalue weighted by molar-refractivity contribution is 0.0907. The molecule has 3 heterocycles. The van der Waals surface area contributed by atoms with Crippen molar-refractivity contribution in [1.29, 1.82) is 0 Å². The highest BCUT2D eigenvalue weighted by molar-refractivity contribution is 5.92. The third-order valence-electron chi connectivity index (χ3n) is 4.59. The van der Waals surface area contributed by atoms with Crippen molar-refractivity contribution in [3.05, 3.63) is 53.4 Å². The molecule has 0 aliphatic rings. The number of ether oxygens (including phenoxy) is 1. The Morgan fingerprint density at radius 3 is 2.67 bits per heavy atom. The Kier molecular flexibility index (Phi) is 7.08. The van der Waals surface area contributed by atoms with E-state index < -0.39 is 0 Å². The van der Waals surface area contributed by atoms with E-state index in [-0.39, 0.29) is 36.7 Å². The maximum atomic E-state index is 12.2. The maximum Gasteiger partial charge on any atom is 0.271 e. The summed E-state index contributed by atoms with van der Waals surface area (Å²) in [7, 11) is 0. The maximum absolute atomic E-state index is 12.2. The number of nitrogens with zero attached hydrogens (tertiary/aromatic N) is 4. The zero-order chi connectivity index (χ0) is 21.5. The summed E-state index contributed by atoms with van der Waals surface area (Å²) in [4.78, 5) is 24.8. The third-order valence-corrected chi connectivity index (χ3v) is 4.59. The van der Waals surface area contributed by atoms with Gasteiger partial charge < -0.3 is 19.7 Å². The van der Waals surface area contributed by atoms with Gasteiger partial charge in [-0.3, -0.25) is 9.78 Å². The molecule has 0 fully saturated rings. The van der Waals surface area contributed by atoms with Gasteiger partial charge in [-0.2, -0.15) is 0 Å². The van der Waals surface area contributed by atoms with Crippen molar-refractivity contribution in [2.75, 3.05) is 6.61 Å². The van der Waals surface area contributed by atoms with Crippen LogP contribution in [0.2, 0.25) is 0 Å². The normalized spacial score (nSPS) is 11.9. The van der Waals surface area contributed by atoms with Crippen LogP contribution < -0.4 is 10.1 Å². The zero-order valence-corrected chi connectivity index (χ0v) is 17.3. The number of aliphatic hydroxyl groups excluding tert-OH is 1. The van der Waals surface area contributed by atoms with Crippen molar-refractivity contribution >= 4 is 5.91 Å². The summed E-state index contributed by atoms with van der Waals surface area (Å²) in [6.07, 6.45) is 6.01. The van der Waals surface area contributed by atoms with E-state index >= 15 is 0 Å². The molecule has 9 heteroatoms. The van der Waals surface area contributed by atoms with E-state index in [1.807, 2.05) is 32.9 Å². The van der Waals surface area contributed by atoms with Crippen molar-refractivity contribution in [2.45, 2.75) is 46.3 Å². The first-order valence-electron chi connectivity index (χ1n) is 9.76. The number of hydrogen-bond acceptors (Lipinski definition) is 8. The van der Waals surface area contributed by atoms with Gasteiger partial charge in [0.05, 0.1) is 30.6 Å². The average molecular weight is 411 g/mol. The minimum absolute atomic E-state index is 0.120. The Labute approximate surface area is 174 Å². The molecule has 3 aromatic heterocycles. The quantitative estimate of drug-likeness (QED) is 0.551. The Morgan fingerprint density at radius 1 is 1.20 bits per heavy atom. The fraction of sp³-hybridized carbons (Fsp3) is 0.381. The van der Waals surface area contributed by atoms with E-state index in [1.165, 1.54) is 12.4 Å². The molecule has 0 aliphatic heterocycles. The lowest BCUT2D eigenvalue weighted by Crippen LogP contribution is -2.37. The van der Waals surface area contributed by atoms with E-state index in [1.54, 1.807) is 6.20 Å². The minimum atomic E-state index is -0.384. The Hall–Kier alpha value is -3.33. The fourth-order valence-electron chi connectivity index (χ4n) is 2.87. The van der Waals surface area contributed by atoms with Crippen LogP contribution in [0.25, 0.3) is 11.3 Å². The molecule has 1 atom stereocenters. The number of carbonyl (C=O) groups excluding carboxylic acids is 1. The van der Waals surface area contributed by atoms with Crippen LogP contribution in [0, 0.1) is 13.8 Å². The molecule has 0 radical (unpaired) electrons. The zero-order valence-electron chi connectivity index (χ0n) is 17.3. The summed E-state index contributed by atoms with van der Waals surface area (Å²) in [6, 6.07) is 3.53. The predicted molar refractivity (Wildman–Crippen MR) is 109 cm³/mol. The monoisotopic (exact) mass is 411 g/mol. The van der Waals surface area contributed by atoms with Gasteiger partial charge in [0.2, 0.25) is 5.88 Å². The lowest BCUT2D eigenvalue weighted by atomic mass is 10.1. The minimum Gasteiger partial charge on any atom is -0.471 e. The fourth-order valence-corrected chi connectivity index (χ4v) is 2.87. The van der Waals surface area contributed by atoms with Gasteiger partial charge in [-0.05, 0) is 32.4 Å². The summed E-state index contributed by atoms with van der Waals surface area (Å²) in [5.41, 5.74) is 3.35. The Bertz CT molecular complexity index is 970. The van der Waals surface area contributed by atoms with Crippen LogP contribution >= 0.6 is 0 Å². The van der Waals surface area contributed by atoms with Gasteiger partial charge in [0, 0.05) is 17.5 Å². The summed E-state index contributed by atoms with van der Waals surface area (Å²) < 4.78 is 11.0. The molecule has 3 aromatic rings. The Balaban J connectivity index is 1.65. The molecule has 30 heavy (non-hydrogen) atoms. The molecule has 1 unspecified atom stereocenters. The van der Waals surface area contributed by atoms with Gasteiger partial charge in [-0.1, -0.05) is 18.5 Å². The van der Waals surface area contributed by atoms with Gasteiger partial charge >= 0.3 is 0 Å². The molecule has 0 spiro atoms. The number of aryl methyl sites for hydroxylation is 2. The van der Waals surface area contributed by atoms with E-state index in [4.69, 9.17) is 9.26 Å². The van der Waals surface area contributed by atoms with Crippen molar-refractivity contribution in [3.63, 3.8) is 0 Å². The predicted octanol–water partition coefficient (Wildman–Crippen LogP) is 2.61. The number of aromatic nitrogens is 4. The molecule has 0 aromatic carbocycles. The summed E-state index contributed by atoms with van der Waals surface area (Å²) in [6.45, 7) is 5.77. The van der Waals surface area contributed by atoms with E-state index in [0.29, 0.717) is 17.9 Å². The largest absolute Gasteiger partial charge is 0.471 e. The van der Waals surface area contributed by atoms with Crippen LogP contribution in [0.5, 0.6) is 5.88 Å². The average Bonchev–Trinajstić information content (AvgIpc) is 3.13. The number of pyridine rings is 1. The highest BCUT2D eigenvalue weighted by Gasteiger charge is 2.17. The van der Waals surface area contributed by atoms with Gasteiger partial charge in [-0.25, -0.2) is 9.97 Å². The van der Waals surface area contributed by atoms with Crippen molar-refractivity contribution in [1.82, 2.24) is 25.4 Å². The molecule has 0 saturated carbocycles. The molecule has 3 rings (SSSR count). The first-order chi connectivity index (χ1) is 14.5. The van der Waals surface area contributed by atoms with Crippen molar-refractivity contribution in [3.8, 4) is 17.1 Å². The molecule has 0 aliphatic carbocycles. The highest BCUT2D eigenvalue weighted by atomic mass is 16.5. The summed E-state index contributed by atoms with van der Waals surface area (Å²) in [5, 5.41) is 16.2. The second kappa shape index (κ2) is 9.93. The molecule has 1 amide bonds. The van der Waals surface area contributed by atoms with Crippen LogP contribution in [0.3, 0.4) is 0 Å². The summed E-state index contributed by atoms with van der Waals surface area (Å²) >= 11 is 0. The Morgan fingerprint density at radius 2 is 2.03 bits per heavy atom. The van der Waals surface area contributed by atoms with E-state index in [0.717, 1.165) is 23.2 Å². The molecule has 9 nitrogen and oxygen atoms in total. The molecule has 0 bridgehead atoms.